The molecule has 1 aromatic carbocycles. The van der Waals surface area contributed by atoms with Gasteiger partial charge in [-0.2, -0.15) is 0 Å². The molecule has 0 amide bonds. The summed E-state index contributed by atoms with van der Waals surface area (Å²) in [5.41, 5.74) is 6.64. The molecule has 0 bridgehead atoms. The SMILES string of the molecule is CC(C)(C)C1=CC2C(C=C1)C1C=CC(C(C)(C)C)=CC1C2[Si](C)(C)N1[C@@H]2C=CC=C(c3ccccc3)C2NC1(C)C. The van der Waals surface area contributed by atoms with Crippen LogP contribution in [0, 0.1) is 34.5 Å². The molecule has 5 aliphatic rings. The fourth-order valence-corrected chi connectivity index (χ4v) is 14.5. The van der Waals surface area contributed by atoms with Gasteiger partial charge < -0.3 is 0 Å². The van der Waals surface area contributed by atoms with Crippen molar-refractivity contribution in [3.8, 4) is 0 Å². The number of allylic oxidation sites excluding steroid dienone is 10. The van der Waals surface area contributed by atoms with Crippen molar-refractivity contribution in [2.75, 3.05) is 0 Å². The van der Waals surface area contributed by atoms with E-state index >= 15 is 0 Å². The molecule has 1 N–H and O–H groups in total. The molecule has 218 valence electrons. The quantitative estimate of drug-likeness (QED) is 0.368. The van der Waals surface area contributed by atoms with Gasteiger partial charge in [-0.1, -0.05) is 140 Å². The zero-order valence-electron chi connectivity index (χ0n) is 27.1. The molecule has 3 heteroatoms. The molecule has 2 fully saturated rings. The molecule has 0 radical (unpaired) electrons. The van der Waals surface area contributed by atoms with Crippen LogP contribution in [0.25, 0.3) is 5.57 Å². The third kappa shape index (κ3) is 4.77. The molecule has 2 nitrogen and oxygen atoms in total. The Kier molecular flexibility index (Phi) is 6.81. The first-order valence-corrected chi connectivity index (χ1v) is 19.0. The van der Waals surface area contributed by atoms with Crippen LogP contribution < -0.4 is 5.32 Å². The molecule has 5 unspecified atom stereocenters. The summed E-state index contributed by atoms with van der Waals surface area (Å²) < 4.78 is 2.99. The van der Waals surface area contributed by atoms with Crippen molar-refractivity contribution in [2.24, 2.45) is 34.5 Å². The summed E-state index contributed by atoms with van der Waals surface area (Å²) >= 11 is 0. The van der Waals surface area contributed by atoms with E-state index in [9.17, 15) is 0 Å². The second-order valence-electron chi connectivity index (χ2n) is 16.4. The number of hydrogen-bond acceptors (Lipinski definition) is 2. The van der Waals surface area contributed by atoms with E-state index in [1.54, 1.807) is 0 Å². The number of hydrogen-bond donors (Lipinski definition) is 1. The van der Waals surface area contributed by atoms with Gasteiger partial charge in [-0.05, 0) is 76.2 Å². The van der Waals surface area contributed by atoms with E-state index < -0.39 is 8.24 Å². The molecule has 1 aliphatic heterocycles. The highest BCUT2D eigenvalue weighted by atomic mass is 28.3. The highest BCUT2D eigenvalue weighted by molar-refractivity contribution is 6.76. The third-order valence-corrected chi connectivity index (χ3v) is 15.3. The van der Waals surface area contributed by atoms with Crippen LogP contribution in [0.5, 0.6) is 0 Å². The average molecular weight is 565 g/mol. The Balaban J connectivity index is 1.45. The lowest BCUT2D eigenvalue weighted by Gasteiger charge is -2.51. The van der Waals surface area contributed by atoms with E-state index in [4.69, 9.17) is 0 Å². The van der Waals surface area contributed by atoms with Crippen LogP contribution in [0.3, 0.4) is 0 Å². The van der Waals surface area contributed by atoms with E-state index in [0.29, 0.717) is 41.3 Å². The van der Waals surface area contributed by atoms with Crippen molar-refractivity contribution in [3.63, 3.8) is 0 Å². The van der Waals surface area contributed by atoms with Gasteiger partial charge in [0.15, 0.2) is 0 Å². The van der Waals surface area contributed by atoms with Gasteiger partial charge in [-0.3, -0.25) is 9.88 Å². The molecule has 0 aromatic heterocycles. The molecular formula is C38H52N2Si. The van der Waals surface area contributed by atoms with Crippen LogP contribution in [-0.2, 0) is 0 Å². The Morgan fingerprint density at radius 1 is 0.756 bits per heavy atom. The first-order valence-electron chi connectivity index (χ1n) is 15.9. The summed E-state index contributed by atoms with van der Waals surface area (Å²) in [4.78, 5) is 0. The smallest absolute Gasteiger partial charge is 0.129 e. The molecule has 6 rings (SSSR count). The molecule has 4 aliphatic carbocycles. The lowest BCUT2D eigenvalue weighted by molar-refractivity contribution is 0.226. The topological polar surface area (TPSA) is 15.3 Å². The van der Waals surface area contributed by atoms with Gasteiger partial charge in [0.05, 0.1) is 11.7 Å². The first kappa shape index (κ1) is 28.9. The third-order valence-electron chi connectivity index (χ3n) is 10.8. The van der Waals surface area contributed by atoms with E-state index in [1.165, 1.54) is 22.3 Å². The first-order chi connectivity index (χ1) is 19.1. The van der Waals surface area contributed by atoms with E-state index in [0.717, 1.165) is 0 Å². The average Bonchev–Trinajstić information content (AvgIpc) is 3.38. The van der Waals surface area contributed by atoms with Crippen LogP contribution in [0.1, 0.15) is 61.0 Å². The highest BCUT2D eigenvalue weighted by Crippen LogP contribution is 2.62. The molecule has 0 spiro atoms. The number of nitrogens with one attached hydrogen (secondary N) is 1. The van der Waals surface area contributed by atoms with Crippen LogP contribution in [0.4, 0.5) is 0 Å². The summed E-state index contributed by atoms with van der Waals surface area (Å²) in [5.74, 6) is 2.29. The van der Waals surface area contributed by atoms with Crippen molar-refractivity contribution < 1.29 is 0 Å². The van der Waals surface area contributed by atoms with Crippen molar-refractivity contribution in [1.82, 2.24) is 9.88 Å². The maximum atomic E-state index is 4.15. The van der Waals surface area contributed by atoms with Gasteiger partial charge in [-0.15, -0.1) is 0 Å². The highest BCUT2D eigenvalue weighted by Gasteiger charge is 2.61. The second-order valence-corrected chi connectivity index (χ2v) is 20.8. The molecule has 6 atom stereocenters. The van der Waals surface area contributed by atoms with Crippen molar-refractivity contribution >= 4 is 13.8 Å². The van der Waals surface area contributed by atoms with Gasteiger partial charge in [-0.25, -0.2) is 0 Å². The van der Waals surface area contributed by atoms with Crippen molar-refractivity contribution in [3.05, 3.63) is 102 Å². The standard InChI is InChI=1S/C38H52N2Si/c1-36(2,3)26-19-21-29-30-22-20-27(37(4,5)6)24-32(30)35(31(29)23-26)41(9,10)40-33-18-14-17-28(25-15-12-11-13-16-25)34(33)39-38(40,7)8/h11-24,29-35,39H,1-10H3/t29?,30?,31?,32?,33-,34?,35?/m1/s1. The maximum absolute atomic E-state index is 4.15. The minimum absolute atomic E-state index is 0.0939. The molecule has 1 heterocycles. The minimum Gasteiger partial charge on any atom is -0.299 e. The number of benzene rings is 1. The lowest BCUT2D eigenvalue weighted by Crippen LogP contribution is -2.64. The number of nitrogens with zero attached hydrogens (tertiary/aromatic N) is 1. The summed E-state index contributed by atoms with van der Waals surface area (Å²) in [6.07, 6.45) is 22.7. The summed E-state index contributed by atoms with van der Waals surface area (Å²) in [6, 6.07) is 11.7. The fraction of sp³-hybridized carbons (Fsp3) is 0.526. The zero-order chi connectivity index (χ0) is 29.5. The molecular weight excluding hydrogens is 513 g/mol. The Hall–Kier alpha value is -2.20. The van der Waals surface area contributed by atoms with Crippen LogP contribution in [-0.4, -0.2) is 30.5 Å². The van der Waals surface area contributed by atoms with Crippen LogP contribution in [0.2, 0.25) is 18.6 Å². The molecule has 1 saturated carbocycles. The van der Waals surface area contributed by atoms with Gasteiger partial charge in [0.1, 0.15) is 8.24 Å². The normalized spacial score (nSPS) is 34.5. The Labute approximate surface area is 251 Å². The number of fused-ring (bicyclic) bond motifs is 4. The van der Waals surface area contributed by atoms with E-state index in [2.05, 4.69) is 163 Å². The fourth-order valence-electron chi connectivity index (χ4n) is 9.15. The molecule has 41 heavy (non-hydrogen) atoms. The predicted octanol–water partition coefficient (Wildman–Crippen LogP) is 9.16. The van der Waals surface area contributed by atoms with E-state index in [1.807, 2.05) is 0 Å². The van der Waals surface area contributed by atoms with Crippen LogP contribution in [0.15, 0.2) is 96.2 Å². The Bertz CT molecular complexity index is 1320. The largest absolute Gasteiger partial charge is 0.299 e. The Morgan fingerprint density at radius 3 is 1.80 bits per heavy atom. The van der Waals surface area contributed by atoms with Gasteiger partial charge in [0, 0.05) is 6.04 Å². The maximum Gasteiger partial charge on any atom is 0.129 e. The molecule has 1 saturated heterocycles. The monoisotopic (exact) mass is 564 g/mol. The predicted molar refractivity (Wildman–Crippen MR) is 179 cm³/mol. The number of rotatable bonds is 3. The van der Waals surface area contributed by atoms with Crippen molar-refractivity contribution in [2.45, 2.75) is 91.8 Å². The second kappa shape index (κ2) is 9.66. The van der Waals surface area contributed by atoms with Gasteiger partial charge >= 0.3 is 0 Å². The summed E-state index contributed by atoms with van der Waals surface area (Å²) in [7, 11) is -2.07. The minimum atomic E-state index is -2.07. The van der Waals surface area contributed by atoms with Gasteiger partial charge in [0.2, 0.25) is 0 Å². The van der Waals surface area contributed by atoms with Gasteiger partial charge in [0.25, 0.3) is 0 Å². The van der Waals surface area contributed by atoms with Crippen molar-refractivity contribution in [1.29, 1.82) is 0 Å². The van der Waals surface area contributed by atoms with Crippen LogP contribution >= 0.6 is 0 Å². The van der Waals surface area contributed by atoms with E-state index in [-0.39, 0.29) is 16.5 Å². The lowest BCUT2D eigenvalue weighted by atomic mass is 9.74. The summed E-state index contributed by atoms with van der Waals surface area (Å²) in [5, 5.41) is 4.15. The zero-order valence-corrected chi connectivity index (χ0v) is 28.1. The summed E-state index contributed by atoms with van der Waals surface area (Å²) in [6.45, 7) is 24.5. The Morgan fingerprint density at radius 2 is 1.29 bits per heavy atom. The molecule has 1 aromatic rings.